The molecule has 4 heteroatoms. The minimum Gasteiger partial charge on any atom is -0.380 e. The van der Waals surface area contributed by atoms with E-state index in [-0.39, 0.29) is 5.41 Å². The van der Waals surface area contributed by atoms with Crippen LogP contribution in [0, 0.1) is 11.8 Å². The highest BCUT2D eigenvalue weighted by atomic mass is 15.4. The van der Waals surface area contributed by atoms with Crippen LogP contribution in [-0.2, 0) is 5.41 Å². The fraction of sp³-hybridized carbons (Fsp3) is 0.423. The summed E-state index contributed by atoms with van der Waals surface area (Å²) in [6.45, 7) is 4.69. The second kappa shape index (κ2) is 6.45. The van der Waals surface area contributed by atoms with Crippen molar-refractivity contribution in [2.24, 2.45) is 16.9 Å². The first kappa shape index (κ1) is 18.2. The zero-order valence-corrected chi connectivity index (χ0v) is 17.9. The minimum absolute atomic E-state index is 0.227. The van der Waals surface area contributed by atoms with Gasteiger partial charge in [-0.3, -0.25) is 5.43 Å². The van der Waals surface area contributed by atoms with Crippen molar-refractivity contribution in [3.63, 3.8) is 0 Å². The number of fused-ring (bicyclic) bond motifs is 2. The predicted octanol–water partition coefficient (Wildman–Crippen LogP) is 4.63. The lowest BCUT2D eigenvalue weighted by atomic mass is 9.55. The van der Waals surface area contributed by atoms with Crippen molar-refractivity contribution in [2.45, 2.75) is 37.3 Å². The Bertz CT molecular complexity index is 1030. The van der Waals surface area contributed by atoms with Crippen molar-refractivity contribution in [3.05, 3.63) is 71.8 Å². The zero-order chi connectivity index (χ0) is 20.3. The third-order valence-electron chi connectivity index (χ3n) is 8.61. The molecule has 1 saturated carbocycles. The molecule has 3 aliphatic heterocycles. The van der Waals surface area contributed by atoms with E-state index in [2.05, 4.69) is 73.4 Å². The smallest absolute Gasteiger partial charge is 0.102 e. The van der Waals surface area contributed by atoms with Crippen LogP contribution in [0.5, 0.6) is 0 Å². The molecule has 2 aromatic carbocycles. The van der Waals surface area contributed by atoms with Crippen molar-refractivity contribution in [1.29, 1.82) is 0 Å². The summed E-state index contributed by atoms with van der Waals surface area (Å²) in [5, 5.41) is 8.74. The van der Waals surface area contributed by atoms with E-state index in [1.165, 1.54) is 36.1 Å². The first-order chi connectivity index (χ1) is 14.7. The highest BCUT2D eigenvalue weighted by Crippen LogP contribution is 2.62. The van der Waals surface area contributed by atoms with Crippen LogP contribution in [0.2, 0.25) is 0 Å². The molecule has 6 atom stereocenters. The molecule has 3 heterocycles. The zero-order valence-electron chi connectivity index (χ0n) is 17.9. The third kappa shape index (κ3) is 2.34. The largest absolute Gasteiger partial charge is 0.380 e. The molecule has 4 nitrogen and oxygen atoms in total. The lowest BCUT2D eigenvalue weighted by Crippen LogP contribution is -2.67. The molecule has 1 spiro atoms. The Kier molecular flexibility index (Phi) is 3.91. The molecule has 4 aliphatic rings. The maximum absolute atomic E-state index is 4.75. The maximum atomic E-state index is 4.75. The van der Waals surface area contributed by atoms with Crippen molar-refractivity contribution < 1.29 is 4.48 Å². The van der Waals surface area contributed by atoms with Gasteiger partial charge in [0.25, 0.3) is 0 Å². The summed E-state index contributed by atoms with van der Waals surface area (Å²) in [5.41, 5.74) is 9.06. The van der Waals surface area contributed by atoms with Gasteiger partial charge in [0.1, 0.15) is 12.6 Å². The summed E-state index contributed by atoms with van der Waals surface area (Å²) in [6.07, 6.45) is 7.15. The molecular weight excluding hydrogens is 368 g/mol. The Hall–Kier alpha value is -2.59. The fourth-order valence-corrected chi connectivity index (χ4v) is 7.34. The van der Waals surface area contributed by atoms with Crippen LogP contribution >= 0.6 is 0 Å². The van der Waals surface area contributed by atoms with E-state index in [1.807, 2.05) is 18.2 Å². The van der Waals surface area contributed by atoms with Crippen LogP contribution in [0.3, 0.4) is 0 Å². The quantitative estimate of drug-likeness (QED) is 0.342. The number of piperidine rings is 1. The van der Waals surface area contributed by atoms with E-state index in [1.54, 1.807) is 11.1 Å². The molecule has 30 heavy (non-hydrogen) atoms. The molecule has 0 amide bonds. The first-order valence-electron chi connectivity index (χ1n) is 11.4. The van der Waals surface area contributed by atoms with E-state index in [4.69, 9.17) is 5.10 Å². The fourth-order valence-electron chi connectivity index (χ4n) is 7.34. The van der Waals surface area contributed by atoms with Crippen LogP contribution < -0.4 is 10.7 Å². The Morgan fingerprint density at radius 1 is 1.13 bits per heavy atom. The average molecular weight is 400 g/mol. The topological polar surface area (TPSA) is 36.4 Å². The van der Waals surface area contributed by atoms with Crippen LogP contribution in [0.25, 0.3) is 0 Å². The summed E-state index contributed by atoms with van der Waals surface area (Å²) in [5.74, 6) is 0.966. The van der Waals surface area contributed by atoms with Gasteiger partial charge in [-0.1, -0.05) is 42.5 Å². The Labute approximate surface area is 179 Å². The third-order valence-corrected chi connectivity index (χ3v) is 8.61. The number of benzene rings is 2. The minimum atomic E-state index is 0.227. The molecule has 2 saturated heterocycles. The average Bonchev–Trinajstić information content (AvgIpc) is 3.29. The SMILES string of the molecule is C/C=C1\C[N+]2(C)CCC34c5ccccc5NC3C(/C=N/Nc3ccccc3)C1CC42. The summed E-state index contributed by atoms with van der Waals surface area (Å²) in [6, 6.07) is 20.4. The number of rotatable bonds is 3. The van der Waals surface area contributed by atoms with E-state index in [0.717, 1.165) is 5.69 Å². The monoisotopic (exact) mass is 399 g/mol. The molecule has 2 aromatic rings. The number of quaternary nitrogens is 1. The van der Waals surface area contributed by atoms with Gasteiger partial charge in [-0.05, 0) is 36.3 Å². The van der Waals surface area contributed by atoms with Gasteiger partial charge in [0.15, 0.2) is 0 Å². The van der Waals surface area contributed by atoms with Gasteiger partial charge >= 0.3 is 0 Å². The number of allylic oxidation sites excluding steroid dienone is 1. The lowest BCUT2D eigenvalue weighted by molar-refractivity contribution is -0.924. The highest BCUT2D eigenvalue weighted by Gasteiger charge is 2.70. The predicted molar refractivity (Wildman–Crippen MR) is 124 cm³/mol. The van der Waals surface area contributed by atoms with Crippen molar-refractivity contribution in [2.75, 3.05) is 30.9 Å². The van der Waals surface area contributed by atoms with Crippen LogP contribution in [-0.4, -0.2) is 42.9 Å². The molecule has 6 unspecified atom stereocenters. The van der Waals surface area contributed by atoms with Gasteiger partial charge in [-0.25, -0.2) is 0 Å². The normalized spacial score (nSPS) is 39.6. The van der Waals surface area contributed by atoms with Crippen molar-refractivity contribution >= 4 is 17.6 Å². The molecule has 3 fully saturated rings. The van der Waals surface area contributed by atoms with Gasteiger partial charge in [0.05, 0.1) is 30.7 Å². The van der Waals surface area contributed by atoms with E-state index < -0.39 is 0 Å². The van der Waals surface area contributed by atoms with Gasteiger partial charge in [-0.2, -0.15) is 5.10 Å². The first-order valence-corrected chi connectivity index (χ1v) is 11.4. The molecule has 0 radical (unpaired) electrons. The standard InChI is InChI=1S/C26H31N4/c1-3-18-17-30(2)14-13-26-22-11-7-8-12-23(22)28-25(26)21(20(18)15-24(26)30)16-27-29-19-9-5-4-6-10-19/h3-12,16,20-21,24-25,28-29H,13-15,17H2,1-2H3/q+1/b18-3+,27-16+. The second-order valence-electron chi connectivity index (χ2n) is 9.87. The number of para-hydroxylation sites is 2. The Balaban J connectivity index is 1.43. The second-order valence-corrected chi connectivity index (χ2v) is 9.87. The highest BCUT2D eigenvalue weighted by molar-refractivity contribution is 5.72. The molecule has 6 rings (SSSR count). The molecule has 154 valence electrons. The van der Waals surface area contributed by atoms with E-state index >= 15 is 0 Å². The van der Waals surface area contributed by atoms with Crippen LogP contribution in [0.15, 0.2) is 71.3 Å². The number of likely N-dealkylation sites (N-methyl/N-ethyl adjacent to an activating group) is 1. The van der Waals surface area contributed by atoms with Gasteiger partial charge < -0.3 is 9.80 Å². The molecule has 0 aromatic heterocycles. The summed E-state index contributed by atoms with van der Waals surface area (Å²) >= 11 is 0. The number of hydrogen-bond acceptors (Lipinski definition) is 3. The molecule has 2 N–H and O–H groups in total. The summed E-state index contributed by atoms with van der Waals surface area (Å²) < 4.78 is 1.20. The van der Waals surface area contributed by atoms with E-state index in [9.17, 15) is 0 Å². The number of anilines is 2. The van der Waals surface area contributed by atoms with Crippen molar-refractivity contribution in [3.8, 4) is 0 Å². The molecular formula is C26H31N4+. The number of hydrogen-bond donors (Lipinski definition) is 2. The summed E-state index contributed by atoms with van der Waals surface area (Å²) in [4.78, 5) is 0. The summed E-state index contributed by atoms with van der Waals surface area (Å²) in [7, 11) is 2.50. The molecule has 1 aliphatic carbocycles. The Morgan fingerprint density at radius 3 is 2.77 bits per heavy atom. The van der Waals surface area contributed by atoms with Gasteiger partial charge in [-0.15, -0.1) is 0 Å². The van der Waals surface area contributed by atoms with Crippen molar-refractivity contribution in [1.82, 2.24) is 0 Å². The lowest BCUT2D eigenvalue weighted by Gasteiger charge is -2.56. The van der Waals surface area contributed by atoms with Crippen LogP contribution in [0.1, 0.15) is 25.3 Å². The van der Waals surface area contributed by atoms with E-state index in [0.29, 0.717) is 23.9 Å². The van der Waals surface area contributed by atoms with Crippen LogP contribution in [0.4, 0.5) is 11.4 Å². The number of hydrazone groups is 1. The van der Waals surface area contributed by atoms with Gasteiger partial charge in [0.2, 0.25) is 0 Å². The number of nitrogens with zero attached hydrogens (tertiary/aromatic N) is 2. The number of nitrogens with one attached hydrogen (secondary N) is 2. The van der Waals surface area contributed by atoms with Gasteiger partial charge in [0, 0.05) is 36.6 Å². The molecule has 2 bridgehead atoms. The Morgan fingerprint density at radius 2 is 1.93 bits per heavy atom. The maximum Gasteiger partial charge on any atom is 0.102 e.